The Hall–Kier alpha value is -1.03. The van der Waals surface area contributed by atoms with Crippen LogP contribution >= 0.6 is 35.0 Å². The molecule has 100 valence electrons. The summed E-state index contributed by atoms with van der Waals surface area (Å²) in [5, 5.41) is 20.5. The predicted molar refractivity (Wildman–Crippen MR) is 79.8 cm³/mol. The van der Waals surface area contributed by atoms with Crippen molar-refractivity contribution in [1.29, 1.82) is 0 Å². The van der Waals surface area contributed by atoms with E-state index in [0.29, 0.717) is 19.8 Å². The molecule has 5 heteroatoms. The maximum absolute atomic E-state index is 9.95. The third kappa shape index (κ3) is 3.11. The van der Waals surface area contributed by atoms with Gasteiger partial charge in [0.05, 0.1) is 19.8 Å². The second-order valence-corrected chi connectivity index (χ2v) is 6.19. The summed E-state index contributed by atoms with van der Waals surface area (Å²) in [5.41, 5.74) is 1.87. The van der Waals surface area contributed by atoms with Crippen LogP contribution in [-0.2, 0) is 0 Å². The fraction of sp³-hybridized carbons (Fsp3) is 0.143. The van der Waals surface area contributed by atoms with E-state index in [1.807, 2.05) is 26.0 Å². The summed E-state index contributed by atoms with van der Waals surface area (Å²) in [6.07, 6.45) is 0. The van der Waals surface area contributed by atoms with Crippen molar-refractivity contribution in [3.8, 4) is 11.5 Å². The molecule has 0 unspecified atom stereocenters. The van der Waals surface area contributed by atoms with Crippen molar-refractivity contribution < 1.29 is 10.2 Å². The van der Waals surface area contributed by atoms with Gasteiger partial charge in [-0.05, 0) is 49.2 Å². The van der Waals surface area contributed by atoms with Crippen LogP contribution in [0.25, 0.3) is 0 Å². The van der Waals surface area contributed by atoms with Crippen LogP contribution in [0.4, 0.5) is 0 Å². The zero-order valence-corrected chi connectivity index (χ0v) is 12.7. The Balaban J connectivity index is 2.47. The van der Waals surface area contributed by atoms with E-state index < -0.39 is 0 Å². The molecule has 0 aliphatic rings. The molecule has 0 amide bonds. The van der Waals surface area contributed by atoms with Crippen molar-refractivity contribution in [2.75, 3.05) is 0 Å². The first-order chi connectivity index (χ1) is 8.88. The highest BCUT2D eigenvalue weighted by Gasteiger charge is 2.13. The van der Waals surface area contributed by atoms with E-state index in [-0.39, 0.29) is 11.5 Å². The second-order valence-electron chi connectivity index (χ2n) is 4.29. The van der Waals surface area contributed by atoms with Crippen LogP contribution in [0.3, 0.4) is 0 Å². The van der Waals surface area contributed by atoms with Gasteiger partial charge in [0.15, 0.2) is 0 Å². The molecule has 0 aromatic heterocycles. The molecule has 0 aliphatic carbocycles. The maximum atomic E-state index is 9.95. The second kappa shape index (κ2) is 5.53. The van der Waals surface area contributed by atoms with E-state index >= 15 is 0 Å². The predicted octanol–water partition coefficient (Wildman–Crippen LogP) is 5.17. The van der Waals surface area contributed by atoms with Crippen molar-refractivity contribution in [3.63, 3.8) is 0 Å². The molecule has 19 heavy (non-hydrogen) atoms. The summed E-state index contributed by atoms with van der Waals surface area (Å²) in [6, 6.07) is 6.98. The van der Waals surface area contributed by atoms with Crippen LogP contribution in [0.1, 0.15) is 11.1 Å². The summed E-state index contributed by atoms with van der Waals surface area (Å²) in [4.78, 5) is 1.17. The highest BCUT2D eigenvalue weighted by Crippen LogP contribution is 2.44. The van der Waals surface area contributed by atoms with Crippen LogP contribution in [0.5, 0.6) is 11.5 Å². The van der Waals surface area contributed by atoms with E-state index in [2.05, 4.69) is 0 Å². The number of aryl methyl sites for hydroxylation is 2. The first-order valence-corrected chi connectivity index (χ1v) is 7.12. The number of aromatic hydroxyl groups is 2. The van der Waals surface area contributed by atoms with Gasteiger partial charge in [0.2, 0.25) is 0 Å². The van der Waals surface area contributed by atoms with Gasteiger partial charge in [-0.25, -0.2) is 0 Å². The number of benzene rings is 2. The Morgan fingerprint density at radius 2 is 1.16 bits per heavy atom. The average Bonchev–Trinajstić information content (AvgIpc) is 2.31. The molecule has 0 radical (unpaired) electrons. The summed E-state index contributed by atoms with van der Waals surface area (Å²) in [6.45, 7) is 3.77. The number of hydrogen-bond acceptors (Lipinski definition) is 3. The lowest BCUT2D eigenvalue weighted by molar-refractivity contribution is 0.460. The van der Waals surface area contributed by atoms with Crippen LogP contribution < -0.4 is 0 Å². The van der Waals surface area contributed by atoms with Gasteiger partial charge in [-0.15, -0.1) is 0 Å². The van der Waals surface area contributed by atoms with Crippen molar-refractivity contribution in [2.45, 2.75) is 23.6 Å². The van der Waals surface area contributed by atoms with E-state index in [9.17, 15) is 10.2 Å². The molecule has 0 spiro atoms. The molecule has 0 bridgehead atoms. The normalized spacial score (nSPS) is 10.7. The molecule has 2 aromatic rings. The quantitative estimate of drug-likeness (QED) is 0.803. The molecule has 0 aliphatic heterocycles. The molecule has 0 saturated carbocycles. The van der Waals surface area contributed by atoms with Crippen molar-refractivity contribution in [1.82, 2.24) is 0 Å². The van der Waals surface area contributed by atoms with Gasteiger partial charge in [-0.2, -0.15) is 0 Å². The number of phenols is 2. The van der Waals surface area contributed by atoms with Crippen molar-refractivity contribution in [3.05, 3.63) is 45.4 Å². The molecule has 2 rings (SSSR count). The Labute approximate surface area is 126 Å². The minimum Gasteiger partial charge on any atom is -0.505 e. The van der Waals surface area contributed by atoms with Crippen molar-refractivity contribution >= 4 is 35.0 Å². The van der Waals surface area contributed by atoms with Crippen molar-refractivity contribution in [2.24, 2.45) is 0 Å². The van der Waals surface area contributed by atoms with Gasteiger partial charge in [-0.3, -0.25) is 0 Å². The van der Waals surface area contributed by atoms with Crippen LogP contribution in [-0.4, -0.2) is 10.2 Å². The minimum atomic E-state index is 0.00861. The highest BCUT2D eigenvalue weighted by atomic mass is 35.5. The lowest BCUT2D eigenvalue weighted by Gasteiger charge is -2.10. The summed E-state index contributed by atoms with van der Waals surface area (Å²) in [5.74, 6) is 0.0172. The first-order valence-electron chi connectivity index (χ1n) is 5.54. The topological polar surface area (TPSA) is 40.5 Å². The number of rotatable bonds is 2. The largest absolute Gasteiger partial charge is 0.505 e. The smallest absolute Gasteiger partial charge is 0.148 e. The SMILES string of the molecule is Cc1cc(Cl)c(O)c(Sc2cc(C)cc(Cl)c2O)c1. The van der Waals surface area contributed by atoms with Crippen LogP contribution in [0, 0.1) is 13.8 Å². The molecule has 0 fully saturated rings. The van der Waals surface area contributed by atoms with E-state index in [4.69, 9.17) is 23.2 Å². The molecule has 2 nitrogen and oxygen atoms in total. The molecular weight excluding hydrogens is 303 g/mol. The van der Waals surface area contributed by atoms with Gasteiger partial charge >= 0.3 is 0 Å². The zero-order chi connectivity index (χ0) is 14.2. The van der Waals surface area contributed by atoms with Gasteiger partial charge in [0.1, 0.15) is 11.5 Å². The monoisotopic (exact) mass is 314 g/mol. The van der Waals surface area contributed by atoms with E-state index in [1.54, 1.807) is 12.1 Å². The molecule has 0 heterocycles. The molecule has 0 saturated heterocycles. The van der Waals surface area contributed by atoms with Crippen LogP contribution in [0.15, 0.2) is 34.1 Å². The van der Waals surface area contributed by atoms with E-state index in [0.717, 1.165) is 11.1 Å². The number of phenolic OH excluding ortho intramolecular Hbond substituents is 2. The molecule has 0 atom stereocenters. The lowest BCUT2D eigenvalue weighted by atomic mass is 10.2. The third-order valence-corrected chi connectivity index (χ3v) is 4.20. The number of halogens is 2. The Morgan fingerprint density at radius 3 is 1.53 bits per heavy atom. The standard InChI is InChI=1S/C14H12Cl2O2S/c1-7-3-9(15)13(17)11(5-7)19-12-6-8(2)4-10(16)14(12)18/h3-6,17-18H,1-2H3. The fourth-order valence-corrected chi connectivity index (χ4v) is 3.48. The summed E-state index contributed by atoms with van der Waals surface area (Å²) < 4.78 is 0. The minimum absolute atomic E-state index is 0.00861. The van der Waals surface area contributed by atoms with Crippen LogP contribution in [0.2, 0.25) is 10.0 Å². The van der Waals surface area contributed by atoms with Gasteiger partial charge < -0.3 is 10.2 Å². The fourth-order valence-electron chi connectivity index (χ4n) is 1.68. The first kappa shape index (κ1) is 14.4. The summed E-state index contributed by atoms with van der Waals surface area (Å²) in [7, 11) is 0. The Morgan fingerprint density at radius 1 is 0.789 bits per heavy atom. The number of hydrogen-bond donors (Lipinski definition) is 2. The molecular formula is C14H12Cl2O2S. The van der Waals surface area contributed by atoms with Gasteiger partial charge in [0.25, 0.3) is 0 Å². The van der Waals surface area contributed by atoms with Gasteiger partial charge in [-0.1, -0.05) is 35.0 Å². The average molecular weight is 315 g/mol. The summed E-state index contributed by atoms with van der Waals surface area (Å²) >= 11 is 13.1. The molecule has 2 aromatic carbocycles. The third-order valence-electron chi connectivity index (χ3n) is 2.57. The maximum Gasteiger partial charge on any atom is 0.148 e. The Bertz CT molecular complexity index is 586. The van der Waals surface area contributed by atoms with E-state index in [1.165, 1.54) is 11.8 Å². The molecule has 2 N–H and O–H groups in total. The van der Waals surface area contributed by atoms with Gasteiger partial charge in [0, 0.05) is 0 Å². The Kier molecular flexibility index (Phi) is 4.19. The lowest BCUT2D eigenvalue weighted by Crippen LogP contribution is -1.83. The highest BCUT2D eigenvalue weighted by molar-refractivity contribution is 7.99. The zero-order valence-electron chi connectivity index (χ0n) is 10.4.